The van der Waals surface area contributed by atoms with Gasteiger partial charge >= 0.3 is 0 Å². The molecule has 3 aromatic heterocycles. The SMILES string of the molecule is Cc1cc(-c2cnc3ccn(CCn4cccn4)c3c2)ccc1F. The summed E-state index contributed by atoms with van der Waals surface area (Å²) >= 11 is 0. The summed E-state index contributed by atoms with van der Waals surface area (Å²) in [5.41, 5.74) is 4.63. The fourth-order valence-electron chi connectivity index (χ4n) is 2.88. The standard InChI is InChI=1S/C19H17FN4/c1-14-11-15(3-4-17(14)20)16-12-19-18(21-13-16)5-8-23(19)9-10-24-7-2-6-22-24/h2-8,11-13H,9-10H2,1H3. The van der Waals surface area contributed by atoms with E-state index in [1.807, 2.05) is 41.5 Å². The van der Waals surface area contributed by atoms with Crippen molar-refractivity contribution in [3.63, 3.8) is 0 Å². The fourth-order valence-corrected chi connectivity index (χ4v) is 2.88. The van der Waals surface area contributed by atoms with Gasteiger partial charge in [-0.15, -0.1) is 0 Å². The van der Waals surface area contributed by atoms with Crippen LogP contribution in [0.1, 0.15) is 5.56 Å². The summed E-state index contributed by atoms with van der Waals surface area (Å²) in [4.78, 5) is 4.54. The minimum atomic E-state index is -0.185. The molecule has 0 aliphatic rings. The maximum atomic E-state index is 13.5. The Morgan fingerprint density at radius 3 is 2.75 bits per heavy atom. The van der Waals surface area contributed by atoms with Gasteiger partial charge in [-0.2, -0.15) is 5.10 Å². The van der Waals surface area contributed by atoms with Crippen molar-refractivity contribution < 1.29 is 4.39 Å². The van der Waals surface area contributed by atoms with E-state index in [4.69, 9.17) is 0 Å². The van der Waals surface area contributed by atoms with E-state index in [1.54, 1.807) is 19.2 Å². The van der Waals surface area contributed by atoms with Crippen molar-refractivity contribution in [1.29, 1.82) is 0 Å². The molecule has 5 heteroatoms. The number of fused-ring (bicyclic) bond motifs is 1. The molecule has 0 saturated carbocycles. The van der Waals surface area contributed by atoms with E-state index in [1.165, 1.54) is 6.07 Å². The van der Waals surface area contributed by atoms with E-state index in [0.29, 0.717) is 5.56 Å². The van der Waals surface area contributed by atoms with Gasteiger partial charge in [-0.1, -0.05) is 6.07 Å². The lowest BCUT2D eigenvalue weighted by Crippen LogP contribution is -2.06. The topological polar surface area (TPSA) is 35.6 Å². The van der Waals surface area contributed by atoms with Crippen LogP contribution >= 0.6 is 0 Å². The molecule has 1 aromatic carbocycles. The molecule has 0 spiro atoms. The quantitative estimate of drug-likeness (QED) is 0.569. The molecule has 4 rings (SSSR count). The zero-order chi connectivity index (χ0) is 16.5. The second-order valence-corrected chi connectivity index (χ2v) is 5.87. The molecule has 0 aliphatic carbocycles. The molecule has 0 fully saturated rings. The molecule has 0 N–H and O–H groups in total. The molecular weight excluding hydrogens is 303 g/mol. The Balaban J connectivity index is 1.68. The van der Waals surface area contributed by atoms with Gasteiger partial charge in [-0.3, -0.25) is 9.67 Å². The number of hydrogen-bond acceptors (Lipinski definition) is 2. The number of rotatable bonds is 4. The second-order valence-electron chi connectivity index (χ2n) is 5.87. The number of halogens is 1. The average Bonchev–Trinajstić information content (AvgIpc) is 3.24. The molecule has 0 aliphatic heterocycles. The van der Waals surface area contributed by atoms with Crippen molar-refractivity contribution in [3.8, 4) is 11.1 Å². The zero-order valence-electron chi connectivity index (χ0n) is 13.4. The van der Waals surface area contributed by atoms with E-state index in [2.05, 4.69) is 20.7 Å². The lowest BCUT2D eigenvalue weighted by molar-refractivity contribution is 0.543. The molecule has 0 atom stereocenters. The van der Waals surface area contributed by atoms with Gasteiger partial charge in [-0.25, -0.2) is 4.39 Å². The third kappa shape index (κ3) is 2.69. The number of pyridine rings is 1. The van der Waals surface area contributed by atoms with E-state index < -0.39 is 0 Å². The van der Waals surface area contributed by atoms with Gasteiger partial charge in [0.05, 0.1) is 17.6 Å². The Morgan fingerprint density at radius 1 is 1.04 bits per heavy atom. The number of nitrogens with zero attached hydrogens (tertiary/aromatic N) is 4. The summed E-state index contributed by atoms with van der Waals surface area (Å²) in [6.45, 7) is 3.40. The van der Waals surface area contributed by atoms with E-state index in [9.17, 15) is 4.39 Å². The van der Waals surface area contributed by atoms with Gasteiger partial charge in [0.25, 0.3) is 0 Å². The van der Waals surface area contributed by atoms with Crippen LogP contribution in [0.4, 0.5) is 4.39 Å². The summed E-state index contributed by atoms with van der Waals surface area (Å²) < 4.78 is 17.6. The molecule has 0 unspecified atom stereocenters. The number of aromatic nitrogens is 4. The van der Waals surface area contributed by atoms with Gasteiger partial charge in [-0.05, 0) is 48.4 Å². The number of hydrogen-bond donors (Lipinski definition) is 0. The van der Waals surface area contributed by atoms with Crippen molar-refractivity contribution in [3.05, 3.63) is 72.6 Å². The summed E-state index contributed by atoms with van der Waals surface area (Å²) in [5.74, 6) is -0.185. The lowest BCUT2D eigenvalue weighted by Gasteiger charge is -2.08. The minimum Gasteiger partial charge on any atom is -0.344 e. The highest BCUT2D eigenvalue weighted by atomic mass is 19.1. The molecule has 4 nitrogen and oxygen atoms in total. The predicted octanol–water partition coefficient (Wildman–Crippen LogP) is 4.05. The van der Waals surface area contributed by atoms with Gasteiger partial charge < -0.3 is 4.57 Å². The first kappa shape index (κ1) is 14.6. The van der Waals surface area contributed by atoms with Gasteiger partial charge in [0, 0.05) is 36.9 Å². The van der Waals surface area contributed by atoms with Crippen molar-refractivity contribution in [2.75, 3.05) is 0 Å². The zero-order valence-corrected chi connectivity index (χ0v) is 13.4. The molecule has 0 radical (unpaired) electrons. The molecule has 120 valence electrons. The third-order valence-corrected chi connectivity index (χ3v) is 4.24. The Morgan fingerprint density at radius 2 is 1.96 bits per heavy atom. The maximum Gasteiger partial charge on any atom is 0.126 e. The van der Waals surface area contributed by atoms with Crippen molar-refractivity contribution in [1.82, 2.24) is 19.3 Å². The highest BCUT2D eigenvalue weighted by Gasteiger charge is 2.07. The largest absolute Gasteiger partial charge is 0.344 e. The maximum absolute atomic E-state index is 13.5. The van der Waals surface area contributed by atoms with Crippen LogP contribution in [0.25, 0.3) is 22.2 Å². The Labute approximate surface area is 139 Å². The van der Waals surface area contributed by atoms with Crippen LogP contribution < -0.4 is 0 Å². The van der Waals surface area contributed by atoms with Crippen LogP contribution in [0.5, 0.6) is 0 Å². The van der Waals surface area contributed by atoms with Crippen molar-refractivity contribution in [2.24, 2.45) is 0 Å². The van der Waals surface area contributed by atoms with Crippen LogP contribution in [0.3, 0.4) is 0 Å². The first-order valence-corrected chi connectivity index (χ1v) is 7.89. The average molecular weight is 320 g/mol. The van der Waals surface area contributed by atoms with Crippen molar-refractivity contribution >= 4 is 11.0 Å². The van der Waals surface area contributed by atoms with Crippen LogP contribution in [0.2, 0.25) is 0 Å². The third-order valence-electron chi connectivity index (χ3n) is 4.24. The van der Waals surface area contributed by atoms with E-state index in [-0.39, 0.29) is 5.82 Å². The molecule has 0 amide bonds. The van der Waals surface area contributed by atoms with Crippen molar-refractivity contribution in [2.45, 2.75) is 20.0 Å². The summed E-state index contributed by atoms with van der Waals surface area (Å²) in [6.07, 6.45) is 7.62. The van der Waals surface area contributed by atoms with Gasteiger partial charge in [0.1, 0.15) is 5.82 Å². The molecular formula is C19H17FN4. The monoisotopic (exact) mass is 320 g/mol. The molecule has 4 aromatic rings. The summed E-state index contributed by atoms with van der Waals surface area (Å²) in [6, 6.07) is 11.2. The van der Waals surface area contributed by atoms with Gasteiger partial charge in [0.2, 0.25) is 0 Å². The van der Waals surface area contributed by atoms with Crippen LogP contribution in [-0.2, 0) is 13.1 Å². The molecule has 0 saturated heterocycles. The smallest absolute Gasteiger partial charge is 0.126 e. The summed E-state index contributed by atoms with van der Waals surface area (Å²) in [7, 11) is 0. The number of benzene rings is 1. The Bertz CT molecular complexity index is 986. The molecule has 24 heavy (non-hydrogen) atoms. The fraction of sp³-hybridized carbons (Fsp3) is 0.158. The van der Waals surface area contributed by atoms with Crippen LogP contribution in [0, 0.1) is 12.7 Å². The molecule has 0 bridgehead atoms. The van der Waals surface area contributed by atoms with Gasteiger partial charge in [0.15, 0.2) is 0 Å². The normalized spacial score (nSPS) is 11.2. The number of aryl methyl sites for hydroxylation is 3. The highest BCUT2D eigenvalue weighted by molar-refractivity contribution is 5.81. The van der Waals surface area contributed by atoms with Crippen LogP contribution in [0.15, 0.2) is 61.2 Å². The lowest BCUT2D eigenvalue weighted by atomic mass is 10.0. The highest BCUT2D eigenvalue weighted by Crippen LogP contribution is 2.25. The second kappa shape index (κ2) is 5.92. The van der Waals surface area contributed by atoms with Crippen LogP contribution in [-0.4, -0.2) is 19.3 Å². The van der Waals surface area contributed by atoms with E-state index in [0.717, 1.165) is 35.2 Å². The first-order chi connectivity index (χ1) is 11.7. The molecule has 3 heterocycles. The predicted molar refractivity (Wildman–Crippen MR) is 92.1 cm³/mol. The first-order valence-electron chi connectivity index (χ1n) is 7.89. The Kier molecular flexibility index (Phi) is 3.61. The minimum absolute atomic E-state index is 0.185. The Hall–Kier alpha value is -2.95. The van der Waals surface area contributed by atoms with E-state index >= 15 is 0 Å². The summed E-state index contributed by atoms with van der Waals surface area (Å²) in [5, 5.41) is 4.23.